The van der Waals surface area contributed by atoms with Crippen molar-refractivity contribution in [2.24, 2.45) is 5.41 Å². The van der Waals surface area contributed by atoms with E-state index in [1.54, 1.807) is 12.1 Å². The third kappa shape index (κ3) is 4.18. The van der Waals surface area contributed by atoms with Crippen molar-refractivity contribution in [2.75, 3.05) is 0 Å². The number of ether oxygens (including phenoxy) is 1. The molecule has 0 amide bonds. The second kappa shape index (κ2) is 7.54. The fraction of sp³-hybridized carbons (Fsp3) is 0.238. The van der Waals surface area contributed by atoms with Crippen molar-refractivity contribution in [2.45, 2.75) is 26.5 Å². The Morgan fingerprint density at radius 3 is 2.42 bits per heavy atom. The molecule has 0 aliphatic carbocycles. The fourth-order valence-corrected chi connectivity index (χ4v) is 2.74. The first kappa shape index (κ1) is 17.9. The highest BCUT2D eigenvalue weighted by Gasteiger charge is 2.35. The molecule has 3 aromatic rings. The first-order valence-corrected chi connectivity index (χ1v) is 8.48. The summed E-state index contributed by atoms with van der Waals surface area (Å²) < 4.78 is 7.24. The normalized spacial score (nSPS) is 12.6. The number of carbonyl (C=O) groups is 1. The summed E-state index contributed by atoms with van der Waals surface area (Å²) in [5.74, 6) is -0.373. The number of pyridine rings is 1. The van der Waals surface area contributed by atoms with Gasteiger partial charge in [-0.3, -0.25) is 4.98 Å². The molecule has 1 N–H and O–H groups in total. The summed E-state index contributed by atoms with van der Waals surface area (Å²) in [6, 6.07) is 17.0. The van der Waals surface area contributed by atoms with Gasteiger partial charge in [0.15, 0.2) is 6.10 Å². The number of carbonyl (C=O) groups excluding carboxylic acids is 1. The number of rotatable bonds is 6. The Morgan fingerprint density at radius 2 is 1.81 bits per heavy atom. The van der Waals surface area contributed by atoms with Gasteiger partial charge in [0.2, 0.25) is 0 Å². The van der Waals surface area contributed by atoms with E-state index in [9.17, 15) is 9.90 Å². The van der Waals surface area contributed by atoms with E-state index in [2.05, 4.69) is 4.98 Å². The molecule has 1 unspecified atom stereocenters. The van der Waals surface area contributed by atoms with Crippen LogP contribution in [0.4, 0.5) is 0 Å². The molecule has 1 aromatic carbocycles. The molecule has 2 aromatic heterocycles. The van der Waals surface area contributed by atoms with Gasteiger partial charge in [0.05, 0.1) is 11.9 Å². The van der Waals surface area contributed by atoms with Crippen LogP contribution in [0.25, 0.3) is 11.3 Å². The molecule has 1 atom stereocenters. The lowest BCUT2D eigenvalue weighted by molar-refractivity contribution is -0.150. The molecular weight excluding hydrogens is 328 g/mol. The van der Waals surface area contributed by atoms with Crippen molar-refractivity contribution in [3.8, 4) is 17.0 Å². The monoisotopic (exact) mass is 350 g/mol. The van der Waals surface area contributed by atoms with Crippen molar-refractivity contribution in [1.29, 1.82) is 0 Å². The molecule has 0 saturated heterocycles. The zero-order chi connectivity index (χ0) is 18.6. The van der Waals surface area contributed by atoms with Gasteiger partial charge in [-0.1, -0.05) is 44.2 Å². The molecule has 0 aliphatic rings. The number of aliphatic hydroxyl groups excluding tert-OH is 1. The van der Waals surface area contributed by atoms with Gasteiger partial charge < -0.3 is 14.4 Å². The molecule has 26 heavy (non-hydrogen) atoms. The number of nitrogens with zero attached hydrogens (tertiary/aromatic N) is 2. The van der Waals surface area contributed by atoms with Gasteiger partial charge in [-0.15, -0.1) is 0 Å². The summed E-state index contributed by atoms with van der Waals surface area (Å²) >= 11 is 0. The first-order chi connectivity index (χ1) is 12.5. The summed E-state index contributed by atoms with van der Waals surface area (Å²) in [5.41, 5.74) is 1.10. The standard InChI is InChI=1S/C21H22N2O3/c1-21(2,15-23-12-6-7-13-23)19(24)20(25)26-17-10-11-18(22-14-17)16-8-4-3-5-9-16/h3-14,19,24H,15H2,1-2H3. The quantitative estimate of drug-likeness (QED) is 0.691. The highest BCUT2D eigenvalue weighted by molar-refractivity contribution is 5.77. The van der Waals surface area contributed by atoms with Crippen LogP contribution in [0.3, 0.4) is 0 Å². The van der Waals surface area contributed by atoms with Crippen LogP contribution in [0, 0.1) is 5.41 Å². The molecule has 5 heteroatoms. The van der Waals surface area contributed by atoms with E-state index in [0.717, 1.165) is 11.3 Å². The number of hydrogen-bond donors (Lipinski definition) is 1. The SMILES string of the molecule is CC(C)(Cn1cccc1)C(O)C(=O)Oc1ccc(-c2ccccc2)nc1. The predicted molar refractivity (Wildman–Crippen MR) is 99.5 cm³/mol. The Kier molecular flexibility index (Phi) is 5.19. The Bertz CT molecular complexity index is 841. The van der Waals surface area contributed by atoms with Crippen LogP contribution in [0.1, 0.15) is 13.8 Å². The summed E-state index contributed by atoms with van der Waals surface area (Å²) in [6.45, 7) is 4.16. The molecule has 2 heterocycles. The minimum atomic E-state index is -1.25. The van der Waals surface area contributed by atoms with Crippen LogP contribution in [-0.4, -0.2) is 26.7 Å². The van der Waals surface area contributed by atoms with Crippen LogP contribution in [0.2, 0.25) is 0 Å². The Morgan fingerprint density at radius 1 is 1.12 bits per heavy atom. The van der Waals surface area contributed by atoms with Crippen molar-refractivity contribution in [3.05, 3.63) is 73.2 Å². The molecule has 0 spiro atoms. The Balaban J connectivity index is 1.65. The van der Waals surface area contributed by atoms with Crippen LogP contribution in [0.15, 0.2) is 73.2 Å². The van der Waals surface area contributed by atoms with Crippen molar-refractivity contribution in [1.82, 2.24) is 9.55 Å². The molecule has 0 saturated carbocycles. The maximum absolute atomic E-state index is 12.3. The number of aliphatic hydroxyl groups is 1. The molecule has 5 nitrogen and oxygen atoms in total. The third-order valence-electron chi connectivity index (χ3n) is 4.24. The lowest BCUT2D eigenvalue weighted by atomic mass is 9.86. The van der Waals surface area contributed by atoms with Gasteiger partial charge in [-0.2, -0.15) is 0 Å². The minimum absolute atomic E-state index is 0.311. The number of benzene rings is 1. The zero-order valence-corrected chi connectivity index (χ0v) is 14.9. The van der Waals surface area contributed by atoms with Crippen LogP contribution in [-0.2, 0) is 11.3 Å². The van der Waals surface area contributed by atoms with Crippen molar-refractivity contribution in [3.63, 3.8) is 0 Å². The lowest BCUT2D eigenvalue weighted by Crippen LogP contribution is -2.41. The summed E-state index contributed by atoms with van der Waals surface area (Å²) in [7, 11) is 0. The molecule has 0 aliphatic heterocycles. The molecule has 0 bridgehead atoms. The Labute approximate surface area is 152 Å². The second-order valence-electron chi connectivity index (χ2n) is 6.91. The van der Waals surface area contributed by atoms with E-state index in [0.29, 0.717) is 12.3 Å². The Hall–Kier alpha value is -2.92. The smallest absolute Gasteiger partial charge is 0.341 e. The number of hydrogen-bond acceptors (Lipinski definition) is 4. The average molecular weight is 350 g/mol. The third-order valence-corrected chi connectivity index (χ3v) is 4.24. The second-order valence-corrected chi connectivity index (χ2v) is 6.91. The van der Waals surface area contributed by atoms with E-state index in [1.165, 1.54) is 6.20 Å². The summed E-state index contributed by atoms with van der Waals surface area (Å²) in [5, 5.41) is 10.4. The van der Waals surface area contributed by atoms with Gasteiger partial charge in [0, 0.05) is 29.9 Å². The van der Waals surface area contributed by atoms with E-state index < -0.39 is 17.5 Å². The maximum Gasteiger partial charge on any atom is 0.341 e. The molecular formula is C21H22N2O3. The number of esters is 1. The van der Waals surface area contributed by atoms with Crippen LogP contribution >= 0.6 is 0 Å². The van der Waals surface area contributed by atoms with Gasteiger partial charge in [0.1, 0.15) is 5.75 Å². The predicted octanol–water partition coefficient (Wildman–Crippen LogP) is 3.54. The van der Waals surface area contributed by atoms with Crippen LogP contribution in [0.5, 0.6) is 5.75 Å². The topological polar surface area (TPSA) is 64.4 Å². The first-order valence-electron chi connectivity index (χ1n) is 8.48. The molecule has 0 fully saturated rings. The van der Waals surface area contributed by atoms with Gasteiger partial charge >= 0.3 is 5.97 Å². The van der Waals surface area contributed by atoms with E-state index >= 15 is 0 Å². The lowest BCUT2D eigenvalue weighted by Gasteiger charge is -2.29. The van der Waals surface area contributed by atoms with E-state index in [4.69, 9.17) is 4.74 Å². The van der Waals surface area contributed by atoms with Crippen molar-refractivity contribution >= 4 is 5.97 Å². The molecule has 0 radical (unpaired) electrons. The van der Waals surface area contributed by atoms with Crippen molar-refractivity contribution < 1.29 is 14.6 Å². The zero-order valence-electron chi connectivity index (χ0n) is 14.9. The van der Waals surface area contributed by atoms with Gasteiger partial charge in [-0.05, 0) is 24.3 Å². The van der Waals surface area contributed by atoms with Gasteiger partial charge in [-0.25, -0.2) is 4.79 Å². The highest BCUT2D eigenvalue weighted by Crippen LogP contribution is 2.26. The van der Waals surface area contributed by atoms with E-state index in [1.807, 2.05) is 73.3 Å². The van der Waals surface area contributed by atoms with Crippen LogP contribution < -0.4 is 4.74 Å². The number of aromatic nitrogens is 2. The minimum Gasteiger partial charge on any atom is -0.423 e. The van der Waals surface area contributed by atoms with E-state index in [-0.39, 0.29) is 0 Å². The summed E-state index contributed by atoms with van der Waals surface area (Å²) in [4.78, 5) is 16.7. The van der Waals surface area contributed by atoms with Gasteiger partial charge in [0.25, 0.3) is 0 Å². The molecule has 3 rings (SSSR count). The summed E-state index contributed by atoms with van der Waals surface area (Å²) in [6.07, 6.45) is 4.03. The maximum atomic E-state index is 12.3. The largest absolute Gasteiger partial charge is 0.423 e. The average Bonchev–Trinajstić information content (AvgIpc) is 3.14. The highest BCUT2D eigenvalue weighted by atomic mass is 16.5. The fourth-order valence-electron chi connectivity index (χ4n) is 2.74. The molecule has 134 valence electrons.